The molecule has 11 heteroatoms. The Labute approximate surface area is 196 Å². The summed E-state index contributed by atoms with van der Waals surface area (Å²) in [6, 6.07) is 11.1. The van der Waals surface area contributed by atoms with E-state index in [0.29, 0.717) is 5.69 Å². The Morgan fingerprint density at radius 3 is 2.45 bits per heavy atom. The van der Waals surface area contributed by atoms with E-state index >= 15 is 0 Å². The molecule has 3 rings (SSSR count). The molecule has 1 heterocycles. The number of sulfonamides is 1. The Morgan fingerprint density at radius 1 is 1.12 bits per heavy atom. The van der Waals surface area contributed by atoms with Gasteiger partial charge in [-0.15, -0.1) is 0 Å². The molecule has 0 radical (unpaired) electrons. The molecule has 1 aromatic heterocycles. The summed E-state index contributed by atoms with van der Waals surface area (Å²) in [6.45, 7) is 5.42. The molecule has 0 saturated heterocycles. The van der Waals surface area contributed by atoms with Crippen LogP contribution in [0.1, 0.15) is 34.7 Å². The number of hydrogen-bond donors (Lipinski definition) is 2. The van der Waals surface area contributed by atoms with Crippen molar-refractivity contribution in [3.8, 4) is 0 Å². The van der Waals surface area contributed by atoms with E-state index in [4.69, 9.17) is 11.6 Å². The van der Waals surface area contributed by atoms with Gasteiger partial charge in [-0.1, -0.05) is 17.7 Å². The molecule has 9 nitrogen and oxygen atoms in total. The van der Waals surface area contributed by atoms with Crippen molar-refractivity contribution in [2.24, 2.45) is 0 Å². The van der Waals surface area contributed by atoms with Crippen LogP contribution < -0.4 is 10.0 Å². The van der Waals surface area contributed by atoms with Crippen molar-refractivity contribution in [2.75, 3.05) is 17.1 Å². The van der Waals surface area contributed by atoms with Crippen molar-refractivity contribution in [1.29, 1.82) is 0 Å². The van der Waals surface area contributed by atoms with E-state index < -0.39 is 22.0 Å². The van der Waals surface area contributed by atoms with E-state index in [2.05, 4.69) is 19.9 Å². The zero-order valence-electron chi connectivity index (χ0n) is 18.4. The number of halogens is 1. The summed E-state index contributed by atoms with van der Waals surface area (Å²) in [5, 5.41) is 7.20. The molecule has 0 aliphatic rings. The van der Waals surface area contributed by atoms with Crippen LogP contribution in [0.15, 0.2) is 53.4 Å². The number of esters is 1. The Morgan fingerprint density at radius 2 is 1.85 bits per heavy atom. The van der Waals surface area contributed by atoms with Gasteiger partial charge in [0.05, 0.1) is 39.7 Å². The van der Waals surface area contributed by atoms with Gasteiger partial charge in [0.25, 0.3) is 10.0 Å². The number of rotatable bonds is 7. The van der Waals surface area contributed by atoms with Crippen LogP contribution in [0.25, 0.3) is 0 Å². The third kappa shape index (κ3) is 5.52. The predicted octanol–water partition coefficient (Wildman–Crippen LogP) is 3.94. The molecule has 0 bridgehead atoms. The van der Waals surface area contributed by atoms with E-state index in [0.717, 1.165) is 11.4 Å². The summed E-state index contributed by atoms with van der Waals surface area (Å²) < 4.78 is 34.1. The molecular weight excluding hydrogens is 468 g/mol. The maximum Gasteiger partial charge on any atom is 0.337 e. The minimum Gasteiger partial charge on any atom is -0.465 e. The van der Waals surface area contributed by atoms with Crippen molar-refractivity contribution in [1.82, 2.24) is 9.78 Å². The fourth-order valence-corrected chi connectivity index (χ4v) is 4.51. The van der Waals surface area contributed by atoms with Crippen molar-refractivity contribution >= 4 is 44.9 Å². The van der Waals surface area contributed by atoms with Gasteiger partial charge in [0.1, 0.15) is 6.04 Å². The zero-order valence-corrected chi connectivity index (χ0v) is 20.0. The second-order valence-electron chi connectivity index (χ2n) is 7.36. The van der Waals surface area contributed by atoms with Crippen LogP contribution in [0.2, 0.25) is 5.02 Å². The summed E-state index contributed by atoms with van der Waals surface area (Å²) in [6.07, 6.45) is 0. The average molecular weight is 491 g/mol. The van der Waals surface area contributed by atoms with E-state index in [1.54, 1.807) is 11.6 Å². The van der Waals surface area contributed by atoms with Crippen LogP contribution >= 0.6 is 11.6 Å². The second-order valence-corrected chi connectivity index (χ2v) is 9.45. The first-order valence-corrected chi connectivity index (χ1v) is 11.7. The van der Waals surface area contributed by atoms with E-state index in [1.165, 1.54) is 49.6 Å². The maximum absolute atomic E-state index is 12.7. The molecule has 2 aromatic carbocycles. The average Bonchev–Trinajstić information content (AvgIpc) is 3.12. The van der Waals surface area contributed by atoms with Gasteiger partial charge in [0, 0.05) is 5.69 Å². The number of carbonyl (C=O) groups excluding carboxylic acids is 2. The van der Waals surface area contributed by atoms with Gasteiger partial charge in [-0.2, -0.15) is 5.10 Å². The lowest BCUT2D eigenvalue weighted by molar-refractivity contribution is -0.119. The normalized spacial score (nSPS) is 12.2. The predicted molar refractivity (Wildman–Crippen MR) is 125 cm³/mol. The Hall–Kier alpha value is -3.37. The molecule has 0 aliphatic heterocycles. The van der Waals surface area contributed by atoms with Crippen LogP contribution in [0, 0.1) is 13.8 Å². The first-order valence-electron chi connectivity index (χ1n) is 9.86. The van der Waals surface area contributed by atoms with Crippen LogP contribution in [-0.2, 0) is 19.6 Å². The number of anilines is 2. The minimum atomic E-state index is -4.00. The molecule has 1 atom stereocenters. The summed E-state index contributed by atoms with van der Waals surface area (Å²) in [7, 11) is -2.79. The van der Waals surface area contributed by atoms with E-state index in [-0.39, 0.29) is 27.1 Å². The molecule has 0 spiro atoms. The van der Waals surface area contributed by atoms with Gasteiger partial charge in [0.15, 0.2) is 0 Å². The molecule has 0 saturated carbocycles. The summed E-state index contributed by atoms with van der Waals surface area (Å²) in [5.74, 6) is -0.971. The van der Waals surface area contributed by atoms with Crippen molar-refractivity contribution in [3.63, 3.8) is 0 Å². The van der Waals surface area contributed by atoms with Crippen LogP contribution in [0.3, 0.4) is 0 Å². The summed E-state index contributed by atoms with van der Waals surface area (Å²) in [4.78, 5) is 24.2. The lowest BCUT2D eigenvalue weighted by Gasteiger charge is -2.16. The number of nitrogens with one attached hydrogen (secondary N) is 2. The monoisotopic (exact) mass is 490 g/mol. The molecule has 0 unspecified atom stereocenters. The van der Waals surface area contributed by atoms with Gasteiger partial charge in [-0.25, -0.2) is 13.2 Å². The number of hydrogen-bond acceptors (Lipinski definition) is 6. The molecule has 3 aromatic rings. The van der Waals surface area contributed by atoms with Gasteiger partial charge in [-0.05, 0) is 63.2 Å². The molecule has 0 fully saturated rings. The number of amides is 1. The number of aromatic nitrogens is 2. The Kier molecular flexibility index (Phi) is 7.09. The Balaban J connectivity index is 1.76. The minimum absolute atomic E-state index is 0.105. The largest absolute Gasteiger partial charge is 0.465 e. The lowest BCUT2D eigenvalue weighted by Crippen LogP contribution is -2.25. The fourth-order valence-electron chi connectivity index (χ4n) is 3.19. The highest BCUT2D eigenvalue weighted by Gasteiger charge is 2.20. The Bertz CT molecular complexity index is 1320. The first-order chi connectivity index (χ1) is 15.5. The van der Waals surface area contributed by atoms with Crippen LogP contribution in [0.5, 0.6) is 0 Å². The third-order valence-electron chi connectivity index (χ3n) is 4.84. The highest BCUT2D eigenvalue weighted by molar-refractivity contribution is 7.92. The van der Waals surface area contributed by atoms with E-state index in [1.807, 2.05) is 19.9 Å². The smallest absolute Gasteiger partial charge is 0.337 e. The number of carbonyl (C=O) groups is 2. The highest BCUT2D eigenvalue weighted by Crippen LogP contribution is 2.28. The SMILES string of the molecule is COC(=O)c1cccc(S(=O)(=O)Nc2ccc(NC(=O)[C@H](C)n3nc(C)cc3C)c(Cl)c2)c1. The zero-order chi connectivity index (χ0) is 24.3. The van der Waals surface area contributed by atoms with Crippen molar-refractivity contribution in [2.45, 2.75) is 31.7 Å². The van der Waals surface area contributed by atoms with E-state index in [9.17, 15) is 18.0 Å². The van der Waals surface area contributed by atoms with Gasteiger partial charge < -0.3 is 10.1 Å². The number of benzene rings is 2. The van der Waals surface area contributed by atoms with Crippen LogP contribution in [0.4, 0.5) is 11.4 Å². The third-order valence-corrected chi connectivity index (χ3v) is 6.53. The van der Waals surface area contributed by atoms with Gasteiger partial charge in [-0.3, -0.25) is 14.2 Å². The lowest BCUT2D eigenvalue weighted by atomic mass is 10.2. The quantitative estimate of drug-likeness (QED) is 0.484. The molecular formula is C22H23ClN4O5S. The molecule has 0 aliphatic carbocycles. The van der Waals surface area contributed by atoms with Gasteiger partial charge >= 0.3 is 5.97 Å². The fraction of sp³-hybridized carbons (Fsp3) is 0.227. The molecule has 2 N–H and O–H groups in total. The number of ether oxygens (including phenoxy) is 1. The number of nitrogens with zero attached hydrogens (tertiary/aromatic N) is 2. The topological polar surface area (TPSA) is 119 Å². The van der Waals surface area contributed by atoms with Crippen molar-refractivity contribution in [3.05, 3.63) is 70.5 Å². The first kappa shape index (κ1) is 24.3. The number of methoxy groups -OCH3 is 1. The summed E-state index contributed by atoms with van der Waals surface area (Å²) >= 11 is 6.29. The second kappa shape index (κ2) is 9.63. The molecule has 174 valence electrons. The van der Waals surface area contributed by atoms with Crippen LogP contribution in [-0.4, -0.2) is 37.2 Å². The highest BCUT2D eigenvalue weighted by atomic mass is 35.5. The summed E-state index contributed by atoms with van der Waals surface area (Å²) in [5.41, 5.74) is 2.27. The standard InChI is InChI=1S/C22H23ClN4O5S/c1-13-10-14(2)27(25-13)15(3)21(28)24-20-9-8-17(12-19(20)23)26-33(30,31)18-7-5-6-16(11-18)22(29)32-4/h5-12,15,26H,1-4H3,(H,24,28)/t15-/m0/s1. The van der Waals surface area contributed by atoms with Crippen molar-refractivity contribution < 1.29 is 22.7 Å². The molecule has 1 amide bonds. The maximum atomic E-state index is 12.7. The van der Waals surface area contributed by atoms with Gasteiger partial charge in [0.2, 0.25) is 5.91 Å². The molecule has 33 heavy (non-hydrogen) atoms. The number of aryl methyl sites for hydroxylation is 2.